The molecule has 1 aliphatic rings. The third kappa shape index (κ3) is 5.29. The fraction of sp³-hybridized carbons (Fsp3) is 0.368. The molecule has 0 aromatic heterocycles. The molecule has 0 unspecified atom stereocenters. The lowest BCUT2D eigenvalue weighted by molar-refractivity contribution is -0.125. The van der Waals surface area contributed by atoms with Crippen LogP contribution in [-0.4, -0.2) is 29.9 Å². The summed E-state index contributed by atoms with van der Waals surface area (Å²) in [5.74, 6) is -0.707. The fourth-order valence-corrected chi connectivity index (χ4v) is 4.39. The SMILES string of the molecule is CC1(C)C(C#N)=C(SCC(=O)NCCSc2ccccc2)NC(=O)[C@@H]1C#N. The van der Waals surface area contributed by atoms with Crippen LogP contribution in [0.4, 0.5) is 0 Å². The van der Waals surface area contributed by atoms with Crippen LogP contribution in [0.5, 0.6) is 0 Å². The number of allylic oxidation sites excluding steroid dienone is 1. The van der Waals surface area contributed by atoms with E-state index in [-0.39, 0.29) is 11.7 Å². The molecule has 1 heterocycles. The predicted octanol–water partition coefficient (Wildman–Crippen LogP) is 2.66. The Hall–Kier alpha value is -2.42. The second-order valence-corrected chi connectivity index (χ2v) is 8.54. The third-order valence-corrected chi connectivity index (χ3v) is 6.13. The first-order valence-electron chi connectivity index (χ1n) is 8.32. The standard InChI is InChI=1S/C19H20N4O2S2/c1-19(2)14(10-20)17(25)23-18(15(19)11-21)27-12-16(24)22-8-9-26-13-6-4-3-5-7-13/h3-7,14H,8-9,12H2,1-2H3,(H,22,24)(H,23,25)/t14-/m0/s1. The number of carbonyl (C=O) groups is 2. The first-order valence-corrected chi connectivity index (χ1v) is 10.3. The molecule has 2 amide bonds. The topological polar surface area (TPSA) is 106 Å². The normalized spacial score (nSPS) is 18.2. The van der Waals surface area contributed by atoms with Crippen LogP contribution in [0.1, 0.15) is 13.8 Å². The number of carbonyl (C=O) groups excluding carboxylic acids is 2. The molecule has 0 spiro atoms. The van der Waals surface area contributed by atoms with Crippen LogP contribution in [0, 0.1) is 34.0 Å². The van der Waals surface area contributed by atoms with Gasteiger partial charge in [-0.3, -0.25) is 9.59 Å². The maximum atomic E-state index is 12.1. The Morgan fingerprint density at radius 2 is 1.96 bits per heavy atom. The maximum Gasteiger partial charge on any atom is 0.243 e. The van der Waals surface area contributed by atoms with Crippen molar-refractivity contribution in [3.05, 3.63) is 40.9 Å². The second-order valence-electron chi connectivity index (χ2n) is 6.39. The van der Waals surface area contributed by atoms with Crippen molar-refractivity contribution >= 4 is 35.3 Å². The van der Waals surface area contributed by atoms with Crippen LogP contribution in [0.2, 0.25) is 0 Å². The number of nitrogens with one attached hydrogen (secondary N) is 2. The highest BCUT2D eigenvalue weighted by Gasteiger charge is 2.44. The van der Waals surface area contributed by atoms with E-state index in [1.807, 2.05) is 36.4 Å². The highest BCUT2D eigenvalue weighted by molar-refractivity contribution is 8.03. The molecule has 2 rings (SSSR count). The molecule has 0 aliphatic carbocycles. The van der Waals surface area contributed by atoms with E-state index in [1.165, 1.54) is 0 Å². The molecule has 8 heteroatoms. The fourth-order valence-electron chi connectivity index (χ4n) is 2.60. The van der Waals surface area contributed by atoms with E-state index in [0.29, 0.717) is 17.1 Å². The molecule has 1 atom stereocenters. The van der Waals surface area contributed by atoms with Crippen LogP contribution in [0.15, 0.2) is 45.8 Å². The molecule has 2 N–H and O–H groups in total. The summed E-state index contributed by atoms with van der Waals surface area (Å²) in [4.78, 5) is 25.3. The Balaban J connectivity index is 1.86. The van der Waals surface area contributed by atoms with Crippen LogP contribution in [0.3, 0.4) is 0 Å². The first kappa shape index (κ1) is 20.9. The molecular weight excluding hydrogens is 380 g/mol. The number of nitriles is 2. The van der Waals surface area contributed by atoms with Crippen molar-refractivity contribution in [3.8, 4) is 12.1 Å². The van der Waals surface area contributed by atoms with E-state index in [0.717, 1.165) is 22.4 Å². The minimum atomic E-state index is -0.930. The van der Waals surface area contributed by atoms with Crippen LogP contribution < -0.4 is 10.6 Å². The third-order valence-electron chi connectivity index (χ3n) is 4.12. The maximum absolute atomic E-state index is 12.1. The van der Waals surface area contributed by atoms with E-state index in [9.17, 15) is 20.1 Å². The Kier molecular flexibility index (Phi) is 7.35. The van der Waals surface area contributed by atoms with E-state index >= 15 is 0 Å². The van der Waals surface area contributed by atoms with Crippen molar-refractivity contribution in [1.82, 2.24) is 10.6 Å². The quantitative estimate of drug-likeness (QED) is 0.538. The molecule has 27 heavy (non-hydrogen) atoms. The van der Waals surface area contributed by atoms with Gasteiger partial charge in [-0.05, 0) is 12.1 Å². The van der Waals surface area contributed by atoms with Crippen LogP contribution in [0.25, 0.3) is 0 Å². The van der Waals surface area contributed by atoms with E-state index < -0.39 is 17.2 Å². The molecule has 0 bridgehead atoms. The molecule has 140 valence electrons. The number of hydrogen-bond donors (Lipinski definition) is 2. The van der Waals surface area contributed by atoms with Crippen LogP contribution in [-0.2, 0) is 9.59 Å². The van der Waals surface area contributed by atoms with E-state index in [1.54, 1.807) is 25.6 Å². The summed E-state index contributed by atoms with van der Waals surface area (Å²) in [5.41, 5.74) is -0.567. The monoisotopic (exact) mass is 400 g/mol. The van der Waals surface area contributed by atoms with Gasteiger partial charge in [0, 0.05) is 22.6 Å². The van der Waals surface area contributed by atoms with Crippen LogP contribution >= 0.6 is 23.5 Å². The summed E-state index contributed by atoms with van der Waals surface area (Å²) in [6.45, 7) is 3.91. The zero-order valence-electron chi connectivity index (χ0n) is 15.1. The number of benzene rings is 1. The molecule has 6 nitrogen and oxygen atoms in total. The smallest absolute Gasteiger partial charge is 0.243 e. The Labute approximate surface area is 167 Å². The molecular formula is C19H20N4O2S2. The Morgan fingerprint density at radius 1 is 1.26 bits per heavy atom. The van der Waals surface area contributed by atoms with Gasteiger partial charge >= 0.3 is 0 Å². The van der Waals surface area contributed by atoms with Gasteiger partial charge in [0.15, 0.2) is 0 Å². The van der Waals surface area contributed by atoms with Crippen molar-refractivity contribution in [2.45, 2.75) is 18.7 Å². The van der Waals surface area contributed by atoms with Gasteiger partial charge in [-0.1, -0.05) is 43.8 Å². The number of nitrogens with zero attached hydrogens (tertiary/aromatic N) is 2. The van der Waals surface area contributed by atoms with Gasteiger partial charge in [-0.25, -0.2) is 0 Å². The van der Waals surface area contributed by atoms with Crippen molar-refractivity contribution in [3.63, 3.8) is 0 Å². The largest absolute Gasteiger partial charge is 0.355 e. The van der Waals surface area contributed by atoms with E-state index in [2.05, 4.69) is 16.7 Å². The highest BCUT2D eigenvalue weighted by atomic mass is 32.2. The highest BCUT2D eigenvalue weighted by Crippen LogP contribution is 2.41. The number of amides is 2. The van der Waals surface area contributed by atoms with Gasteiger partial charge in [0.1, 0.15) is 5.92 Å². The summed E-state index contributed by atoms with van der Waals surface area (Å²) in [6.07, 6.45) is 0. The summed E-state index contributed by atoms with van der Waals surface area (Å²) in [7, 11) is 0. The van der Waals surface area contributed by atoms with Gasteiger partial charge in [-0.15, -0.1) is 11.8 Å². The van der Waals surface area contributed by atoms with Crippen molar-refractivity contribution in [2.75, 3.05) is 18.1 Å². The summed E-state index contributed by atoms with van der Waals surface area (Å²) in [6, 6.07) is 14.0. The summed E-state index contributed by atoms with van der Waals surface area (Å²) in [5, 5.41) is 24.4. The van der Waals surface area contributed by atoms with Gasteiger partial charge in [0.05, 0.1) is 28.5 Å². The Bertz CT molecular complexity index is 822. The summed E-state index contributed by atoms with van der Waals surface area (Å²) < 4.78 is 0. The molecule has 0 radical (unpaired) electrons. The molecule has 0 saturated carbocycles. The van der Waals surface area contributed by atoms with Crippen molar-refractivity contribution in [2.24, 2.45) is 11.3 Å². The Morgan fingerprint density at radius 3 is 2.59 bits per heavy atom. The van der Waals surface area contributed by atoms with Crippen molar-refractivity contribution in [1.29, 1.82) is 10.5 Å². The molecule has 1 aliphatic heterocycles. The zero-order valence-corrected chi connectivity index (χ0v) is 16.7. The van der Waals surface area contributed by atoms with Gasteiger partial charge in [0.2, 0.25) is 11.8 Å². The molecule has 1 aromatic carbocycles. The van der Waals surface area contributed by atoms with Crippen molar-refractivity contribution < 1.29 is 9.59 Å². The van der Waals surface area contributed by atoms with E-state index in [4.69, 9.17) is 0 Å². The number of rotatable bonds is 7. The first-order chi connectivity index (χ1) is 12.9. The van der Waals surface area contributed by atoms with Gasteiger partial charge in [-0.2, -0.15) is 10.5 Å². The lowest BCUT2D eigenvalue weighted by Crippen LogP contribution is -2.44. The minimum Gasteiger partial charge on any atom is -0.355 e. The molecule has 0 saturated heterocycles. The van der Waals surface area contributed by atoms with Gasteiger partial charge < -0.3 is 10.6 Å². The zero-order chi connectivity index (χ0) is 19.9. The predicted molar refractivity (Wildman–Crippen MR) is 106 cm³/mol. The average molecular weight is 401 g/mol. The lowest BCUT2D eigenvalue weighted by Gasteiger charge is -2.34. The number of thioether (sulfide) groups is 2. The minimum absolute atomic E-state index is 0.0874. The summed E-state index contributed by atoms with van der Waals surface area (Å²) >= 11 is 2.76. The molecule has 1 aromatic rings. The molecule has 0 fully saturated rings. The van der Waals surface area contributed by atoms with Gasteiger partial charge in [0.25, 0.3) is 0 Å². The average Bonchev–Trinajstić information content (AvgIpc) is 2.64. The second kappa shape index (κ2) is 9.50. The lowest BCUT2D eigenvalue weighted by atomic mass is 9.72. The number of hydrogen-bond acceptors (Lipinski definition) is 6.